The van der Waals surface area contributed by atoms with Crippen molar-refractivity contribution in [3.8, 4) is 0 Å². The Labute approximate surface area is 98.3 Å². The van der Waals surface area contributed by atoms with Gasteiger partial charge >= 0.3 is 5.97 Å². The van der Waals surface area contributed by atoms with Crippen LogP contribution in [0.5, 0.6) is 0 Å². The van der Waals surface area contributed by atoms with Gasteiger partial charge in [0.15, 0.2) is 0 Å². The average molecular weight is 234 g/mol. The number of fused-ring (bicyclic) bond motifs is 1. The van der Waals surface area contributed by atoms with E-state index in [1.165, 1.54) is 6.07 Å². The van der Waals surface area contributed by atoms with Crippen molar-refractivity contribution in [1.82, 2.24) is 9.55 Å². The summed E-state index contributed by atoms with van der Waals surface area (Å²) in [5, 5.41) is 18.5. The molecule has 17 heavy (non-hydrogen) atoms. The molecule has 0 amide bonds. The number of rotatable bonds is 4. The zero-order chi connectivity index (χ0) is 12.4. The van der Waals surface area contributed by atoms with Gasteiger partial charge in [0.05, 0.1) is 35.6 Å². The SMILES string of the molecule is CCC(O)Cn1cnc2ccc(C(=O)O)cc21. The second-order valence-electron chi connectivity index (χ2n) is 3.97. The molecule has 0 aliphatic carbocycles. The van der Waals surface area contributed by atoms with Gasteiger partial charge in [-0.15, -0.1) is 0 Å². The summed E-state index contributed by atoms with van der Waals surface area (Å²) < 4.78 is 1.77. The second kappa shape index (κ2) is 4.55. The first kappa shape index (κ1) is 11.6. The lowest BCUT2D eigenvalue weighted by atomic mass is 10.2. The number of aliphatic hydroxyl groups excluding tert-OH is 1. The van der Waals surface area contributed by atoms with Crippen LogP contribution in [-0.2, 0) is 6.54 Å². The van der Waals surface area contributed by atoms with Gasteiger partial charge in [-0.1, -0.05) is 6.92 Å². The largest absolute Gasteiger partial charge is 0.478 e. The van der Waals surface area contributed by atoms with Gasteiger partial charge in [0.25, 0.3) is 0 Å². The summed E-state index contributed by atoms with van der Waals surface area (Å²) in [7, 11) is 0. The lowest BCUT2D eigenvalue weighted by Gasteiger charge is -2.09. The van der Waals surface area contributed by atoms with Crippen molar-refractivity contribution < 1.29 is 15.0 Å². The molecule has 5 nitrogen and oxygen atoms in total. The number of aromatic carboxylic acids is 1. The van der Waals surface area contributed by atoms with Gasteiger partial charge in [0, 0.05) is 0 Å². The Morgan fingerprint density at radius 1 is 1.53 bits per heavy atom. The number of carboxylic acid groups (broad SMARTS) is 1. The van der Waals surface area contributed by atoms with Crippen LogP contribution in [0.2, 0.25) is 0 Å². The monoisotopic (exact) mass is 234 g/mol. The van der Waals surface area contributed by atoms with E-state index >= 15 is 0 Å². The van der Waals surface area contributed by atoms with E-state index in [2.05, 4.69) is 4.98 Å². The maximum absolute atomic E-state index is 10.9. The molecule has 0 fully saturated rings. The molecule has 5 heteroatoms. The van der Waals surface area contributed by atoms with E-state index in [1.54, 1.807) is 23.0 Å². The Kier molecular flexibility index (Phi) is 3.10. The Hall–Kier alpha value is -1.88. The highest BCUT2D eigenvalue weighted by atomic mass is 16.4. The summed E-state index contributed by atoms with van der Waals surface area (Å²) in [5.41, 5.74) is 1.70. The van der Waals surface area contributed by atoms with Crippen molar-refractivity contribution in [2.45, 2.75) is 26.0 Å². The Bertz CT molecular complexity index is 548. The van der Waals surface area contributed by atoms with E-state index in [0.717, 1.165) is 11.0 Å². The predicted molar refractivity (Wildman–Crippen MR) is 63.0 cm³/mol. The van der Waals surface area contributed by atoms with Crippen molar-refractivity contribution >= 4 is 17.0 Å². The Morgan fingerprint density at radius 3 is 2.94 bits per heavy atom. The van der Waals surface area contributed by atoms with E-state index in [1.807, 2.05) is 6.92 Å². The highest BCUT2D eigenvalue weighted by Crippen LogP contribution is 2.16. The standard InChI is InChI=1S/C12H14N2O3/c1-2-9(15)6-14-7-13-10-4-3-8(12(16)17)5-11(10)14/h3-5,7,9,15H,2,6H2,1H3,(H,16,17). The number of hydrogen-bond acceptors (Lipinski definition) is 3. The predicted octanol–water partition coefficient (Wildman–Crippen LogP) is 1.51. The normalized spacial score (nSPS) is 12.8. The Balaban J connectivity index is 2.43. The number of nitrogens with zero attached hydrogens (tertiary/aromatic N) is 2. The molecule has 0 spiro atoms. The third-order valence-corrected chi connectivity index (χ3v) is 2.75. The minimum Gasteiger partial charge on any atom is -0.478 e. The number of aliphatic hydroxyl groups is 1. The molecule has 1 atom stereocenters. The number of carbonyl (C=O) groups is 1. The summed E-state index contributed by atoms with van der Waals surface area (Å²) in [6, 6.07) is 4.78. The van der Waals surface area contributed by atoms with E-state index in [-0.39, 0.29) is 5.56 Å². The van der Waals surface area contributed by atoms with Crippen molar-refractivity contribution in [2.24, 2.45) is 0 Å². The first-order valence-corrected chi connectivity index (χ1v) is 5.48. The minimum absolute atomic E-state index is 0.227. The molecule has 1 aromatic heterocycles. The molecule has 0 saturated carbocycles. The van der Waals surface area contributed by atoms with Gasteiger partial charge in [-0.2, -0.15) is 0 Å². The molecular formula is C12H14N2O3. The van der Waals surface area contributed by atoms with Gasteiger partial charge in [-0.25, -0.2) is 9.78 Å². The van der Waals surface area contributed by atoms with Gasteiger partial charge < -0.3 is 14.8 Å². The minimum atomic E-state index is -0.962. The molecule has 2 N–H and O–H groups in total. The van der Waals surface area contributed by atoms with Crippen LogP contribution in [-0.4, -0.2) is 31.8 Å². The van der Waals surface area contributed by atoms with Crippen LogP contribution >= 0.6 is 0 Å². The molecular weight excluding hydrogens is 220 g/mol. The molecule has 0 saturated heterocycles. The van der Waals surface area contributed by atoms with Crippen molar-refractivity contribution in [3.05, 3.63) is 30.1 Å². The molecule has 0 aliphatic heterocycles. The summed E-state index contributed by atoms with van der Waals surface area (Å²) in [6.45, 7) is 2.32. The summed E-state index contributed by atoms with van der Waals surface area (Å²) >= 11 is 0. The quantitative estimate of drug-likeness (QED) is 0.840. The number of imidazole rings is 1. The van der Waals surface area contributed by atoms with E-state index < -0.39 is 12.1 Å². The van der Waals surface area contributed by atoms with Gasteiger partial charge in [-0.05, 0) is 24.6 Å². The lowest BCUT2D eigenvalue weighted by molar-refractivity contribution is 0.0697. The fraction of sp³-hybridized carbons (Fsp3) is 0.333. The highest BCUT2D eigenvalue weighted by molar-refractivity contribution is 5.92. The van der Waals surface area contributed by atoms with Crippen LogP contribution in [0.15, 0.2) is 24.5 Å². The van der Waals surface area contributed by atoms with E-state index in [4.69, 9.17) is 5.11 Å². The molecule has 0 radical (unpaired) electrons. The maximum atomic E-state index is 10.9. The van der Waals surface area contributed by atoms with Gasteiger partial charge in [0.2, 0.25) is 0 Å². The molecule has 0 bridgehead atoms. The third kappa shape index (κ3) is 2.29. The van der Waals surface area contributed by atoms with Gasteiger partial charge in [0.1, 0.15) is 0 Å². The molecule has 2 aromatic rings. The summed E-state index contributed by atoms with van der Waals surface area (Å²) in [5.74, 6) is -0.962. The van der Waals surface area contributed by atoms with Crippen LogP contribution in [0.25, 0.3) is 11.0 Å². The topological polar surface area (TPSA) is 75.3 Å². The van der Waals surface area contributed by atoms with E-state index in [0.29, 0.717) is 13.0 Å². The summed E-state index contributed by atoms with van der Waals surface area (Å²) in [6.07, 6.45) is 1.83. The second-order valence-corrected chi connectivity index (χ2v) is 3.97. The van der Waals surface area contributed by atoms with Crippen LogP contribution in [0.1, 0.15) is 23.7 Å². The summed E-state index contributed by atoms with van der Waals surface area (Å²) in [4.78, 5) is 15.0. The highest BCUT2D eigenvalue weighted by Gasteiger charge is 2.10. The number of carboxylic acids is 1. The first-order chi connectivity index (χ1) is 8.11. The first-order valence-electron chi connectivity index (χ1n) is 5.48. The Morgan fingerprint density at radius 2 is 2.29 bits per heavy atom. The number of hydrogen-bond donors (Lipinski definition) is 2. The van der Waals surface area contributed by atoms with Crippen LogP contribution < -0.4 is 0 Å². The fourth-order valence-electron chi connectivity index (χ4n) is 1.69. The van der Waals surface area contributed by atoms with Gasteiger partial charge in [-0.3, -0.25) is 0 Å². The fourth-order valence-corrected chi connectivity index (χ4v) is 1.69. The molecule has 2 rings (SSSR count). The molecule has 1 unspecified atom stereocenters. The molecule has 1 aromatic carbocycles. The number of aromatic nitrogens is 2. The lowest BCUT2D eigenvalue weighted by Crippen LogP contribution is -2.13. The number of benzene rings is 1. The smallest absolute Gasteiger partial charge is 0.335 e. The average Bonchev–Trinajstić information content (AvgIpc) is 2.71. The van der Waals surface area contributed by atoms with Crippen LogP contribution in [0, 0.1) is 0 Å². The molecule has 0 aliphatic rings. The van der Waals surface area contributed by atoms with Crippen molar-refractivity contribution in [1.29, 1.82) is 0 Å². The van der Waals surface area contributed by atoms with Crippen LogP contribution in [0.3, 0.4) is 0 Å². The van der Waals surface area contributed by atoms with E-state index in [9.17, 15) is 9.90 Å². The van der Waals surface area contributed by atoms with Crippen LogP contribution in [0.4, 0.5) is 0 Å². The zero-order valence-corrected chi connectivity index (χ0v) is 9.50. The maximum Gasteiger partial charge on any atom is 0.335 e. The zero-order valence-electron chi connectivity index (χ0n) is 9.50. The third-order valence-electron chi connectivity index (χ3n) is 2.75. The van der Waals surface area contributed by atoms with Crippen molar-refractivity contribution in [2.75, 3.05) is 0 Å². The molecule has 90 valence electrons. The molecule has 1 heterocycles. The van der Waals surface area contributed by atoms with Crippen molar-refractivity contribution in [3.63, 3.8) is 0 Å².